The Morgan fingerprint density at radius 2 is 1.69 bits per heavy atom. The molecule has 1 aliphatic rings. The van der Waals surface area contributed by atoms with E-state index in [0.717, 1.165) is 11.8 Å². The van der Waals surface area contributed by atoms with E-state index < -0.39 is 0 Å². The second kappa shape index (κ2) is 5.49. The van der Waals surface area contributed by atoms with E-state index in [1.807, 2.05) is 0 Å². The molecule has 1 saturated heterocycles. The minimum atomic E-state index is 0.875. The molecule has 1 aromatic carbocycles. The number of rotatable bonds is 3. The lowest BCUT2D eigenvalue weighted by Gasteiger charge is -2.34. The third-order valence-electron chi connectivity index (χ3n) is 3.50. The topological polar surface area (TPSA) is 3.24 Å². The molecule has 1 heterocycles. The first-order chi connectivity index (χ1) is 7.74. The molecule has 2 rings (SSSR count). The van der Waals surface area contributed by atoms with Crippen LogP contribution >= 0.6 is 0 Å². The number of benzene rings is 1. The summed E-state index contributed by atoms with van der Waals surface area (Å²) < 4.78 is 0. The van der Waals surface area contributed by atoms with Gasteiger partial charge in [0.05, 0.1) is 0 Å². The van der Waals surface area contributed by atoms with Crippen LogP contribution in [0.4, 0.5) is 0 Å². The van der Waals surface area contributed by atoms with Gasteiger partial charge in [0.15, 0.2) is 0 Å². The van der Waals surface area contributed by atoms with E-state index >= 15 is 0 Å². The molecule has 1 fully saturated rings. The van der Waals surface area contributed by atoms with E-state index in [1.165, 1.54) is 38.0 Å². The van der Waals surface area contributed by atoms with Gasteiger partial charge in [0, 0.05) is 19.6 Å². The highest BCUT2D eigenvalue weighted by Crippen LogP contribution is 2.20. The molecule has 2 atom stereocenters. The van der Waals surface area contributed by atoms with Crippen LogP contribution in [0, 0.1) is 11.8 Å². The van der Waals surface area contributed by atoms with E-state index in [9.17, 15) is 0 Å². The average Bonchev–Trinajstić information content (AvgIpc) is 2.27. The molecule has 0 saturated carbocycles. The minimum Gasteiger partial charge on any atom is -0.302 e. The summed E-state index contributed by atoms with van der Waals surface area (Å²) in [5, 5.41) is 0. The Bertz CT molecular complexity index is 296. The van der Waals surface area contributed by atoms with Crippen molar-refractivity contribution >= 4 is 0 Å². The fourth-order valence-corrected chi connectivity index (χ4v) is 2.91. The predicted octanol–water partition coefficient (Wildman–Crippen LogP) is 3.21. The highest BCUT2D eigenvalue weighted by Gasteiger charge is 2.20. The Morgan fingerprint density at radius 1 is 1.06 bits per heavy atom. The van der Waals surface area contributed by atoms with Crippen molar-refractivity contribution in [3.05, 3.63) is 35.9 Å². The van der Waals surface area contributed by atoms with E-state index in [1.54, 1.807) is 0 Å². The minimum absolute atomic E-state index is 0.875. The van der Waals surface area contributed by atoms with E-state index in [0.29, 0.717) is 0 Å². The highest BCUT2D eigenvalue weighted by atomic mass is 15.1. The van der Waals surface area contributed by atoms with Crippen LogP contribution in [0.25, 0.3) is 0 Å². The maximum atomic E-state index is 2.63. The summed E-state index contributed by atoms with van der Waals surface area (Å²) in [5.41, 5.74) is 1.47. The van der Waals surface area contributed by atoms with Crippen molar-refractivity contribution in [3.8, 4) is 0 Å². The molecule has 88 valence electrons. The van der Waals surface area contributed by atoms with Crippen molar-refractivity contribution in [1.82, 2.24) is 4.90 Å². The fraction of sp³-hybridized carbons (Fsp3) is 0.600. The molecule has 16 heavy (non-hydrogen) atoms. The lowest BCUT2D eigenvalue weighted by molar-refractivity contribution is 0.142. The quantitative estimate of drug-likeness (QED) is 0.751. The third-order valence-corrected chi connectivity index (χ3v) is 3.50. The van der Waals surface area contributed by atoms with Gasteiger partial charge in [-0.05, 0) is 30.2 Å². The zero-order valence-corrected chi connectivity index (χ0v) is 10.5. The van der Waals surface area contributed by atoms with Gasteiger partial charge in [0.2, 0.25) is 0 Å². The molecule has 0 bridgehead atoms. The monoisotopic (exact) mass is 217 g/mol. The van der Waals surface area contributed by atoms with Gasteiger partial charge < -0.3 is 4.90 Å². The van der Waals surface area contributed by atoms with Crippen LogP contribution < -0.4 is 0 Å². The summed E-state index contributed by atoms with van der Waals surface area (Å²) in [6.07, 6.45) is 2.60. The maximum Gasteiger partial charge on any atom is 0.00220 e. The Balaban J connectivity index is 1.81. The molecule has 1 heteroatoms. The number of hydrogen-bond donors (Lipinski definition) is 0. The van der Waals surface area contributed by atoms with Crippen molar-refractivity contribution in [2.24, 2.45) is 11.8 Å². The zero-order chi connectivity index (χ0) is 11.4. The molecule has 1 aliphatic heterocycles. The number of piperidine rings is 1. The molecule has 0 amide bonds. The molecule has 0 N–H and O–H groups in total. The SMILES string of the molecule is CC1CC(C)CN(CCc2ccccc2)C1. The number of nitrogens with zero attached hydrogens (tertiary/aromatic N) is 1. The van der Waals surface area contributed by atoms with Crippen molar-refractivity contribution in [2.45, 2.75) is 26.7 Å². The van der Waals surface area contributed by atoms with E-state index in [4.69, 9.17) is 0 Å². The lowest BCUT2D eigenvalue weighted by Crippen LogP contribution is -2.39. The largest absolute Gasteiger partial charge is 0.302 e. The number of likely N-dealkylation sites (tertiary alicyclic amines) is 1. The maximum absolute atomic E-state index is 2.63. The zero-order valence-electron chi connectivity index (χ0n) is 10.5. The van der Waals surface area contributed by atoms with Crippen molar-refractivity contribution in [2.75, 3.05) is 19.6 Å². The standard InChI is InChI=1S/C15H23N/c1-13-10-14(2)12-16(11-13)9-8-15-6-4-3-5-7-15/h3-7,13-14H,8-12H2,1-2H3. The molecule has 1 nitrogen and oxygen atoms in total. The van der Waals surface area contributed by atoms with Crippen molar-refractivity contribution < 1.29 is 0 Å². The van der Waals surface area contributed by atoms with E-state index in [2.05, 4.69) is 49.1 Å². The lowest BCUT2D eigenvalue weighted by atomic mass is 9.92. The highest BCUT2D eigenvalue weighted by molar-refractivity contribution is 5.14. The second-order valence-corrected chi connectivity index (χ2v) is 5.44. The van der Waals surface area contributed by atoms with Crippen LogP contribution in [0.15, 0.2) is 30.3 Å². The first-order valence-corrected chi connectivity index (χ1v) is 6.50. The molecular formula is C15H23N. The second-order valence-electron chi connectivity index (χ2n) is 5.44. The molecular weight excluding hydrogens is 194 g/mol. The van der Waals surface area contributed by atoms with Gasteiger partial charge in [-0.3, -0.25) is 0 Å². The summed E-state index contributed by atoms with van der Waals surface area (Å²) in [6, 6.07) is 10.8. The first-order valence-electron chi connectivity index (χ1n) is 6.50. The van der Waals surface area contributed by atoms with Gasteiger partial charge in [-0.25, -0.2) is 0 Å². The van der Waals surface area contributed by atoms with Crippen LogP contribution in [0.5, 0.6) is 0 Å². The number of hydrogen-bond acceptors (Lipinski definition) is 1. The molecule has 0 aliphatic carbocycles. The summed E-state index contributed by atoms with van der Waals surface area (Å²) in [7, 11) is 0. The van der Waals surface area contributed by atoms with Gasteiger partial charge in [0.25, 0.3) is 0 Å². The van der Waals surface area contributed by atoms with Crippen LogP contribution in [0.1, 0.15) is 25.8 Å². The third kappa shape index (κ3) is 3.34. The van der Waals surface area contributed by atoms with Crippen molar-refractivity contribution in [3.63, 3.8) is 0 Å². The van der Waals surface area contributed by atoms with Gasteiger partial charge >= 0.3 is 0 Å². The van der Waals surface area contributed by atoms with Crippen LogP contribution in [0.3, 0.4) is 0 Å². The van der Waals surface area contributed by atoms with Gasteiger partial charge in [-0.2, -0.15) is 0 Å². The summed E-state index contributed by atoms with van der Waals surface area (Å²) in [6.45, 7) is 8.56. The molecule has 0 aromatic heterocycles. The van der Waals surface area contributed by atoms with Gasteiger partial charge in [-0.1, -0.05) is 44.2 Å². The van der Waals surface area contributed by atoms with Crippen LogP contribution in [0.2, 0.25) is 0 Å². The van der Waals surface area contributed by atoms with Crippen LogP contribution in [-0.4, -0.2) is 24.5 Å². The van der Waals surface area contributed by atoms with E-state index in [-0.39, 0.29) is 0 Å². The Labute approximate surface area is 99.5 Å². The summed E-state index contributed by atoms with van der Waals surface area (Å²) in [4.78, 5) is 2.63. The smallest absolute Gasteiger partial charge is 0.00220 e. The molecule has 0 spiro atoms. The molecule has 0 radical (unpaired) electrons. The molecule has 2 unspecified atom stereocenters. The predicted molar refractivity (Wildman–Crippen MR) is 69.5 cm³/mol. The summed E-state index contributed by atoms with van der Waals surface area (Å²) >= 11 is 0. The Morgan fingerprint density at radius 3 is 2.31 bits per heavy atom. The van der Waals surface area contributed by atoms with Crippen molar-refractivity contribution in [1.29, 1.82) is 0 Å². The average molecular weight is 217 g/mol. The van der Waals surface area contributed by atoms with Crippen LogP contribution in [-0.2, 0) is 6.42 Å². The normalized spacial score (nSPS) is 26.9. The Hall–Kier alpha value is -0.820. The fourth-order valence-electron chi connectivity index (χ4n) is 2.91. The van der Waals surface area contributed by atoms with Gasteiger partial charge in [0.1, 0.15) is 0 Å². The molecule has 1 aromatic rings. The first kappa shape index (κ1) is 11.7. The van der Waals surface area contributed by atoms with Gasteiger partial charge in [-0.15, -0.1) is 0 Å². The Kier molecular flexibility index (Phi) is 4.00. The summed E-state index contributed by atoms with van der Waals surface area (Å²) in [5.74, 6) is 1.75.